The van der Waals surface area contributed by atoms with Crippen LogP contribution in [0, 0.1) is 13.8 Å². The molecule has 0 unspecified atom stereocenters. The SMILES string of the molecule is CCOc1cccc2sc(N(Cc3ccco3)C(=O)c3ccc(C)c(C)c3)nc12. The van der Waals surface area contributed by atoms with Crippen LogP contribution >= 0.6 is 11.3 Å². The van der Waals surface area contributed by atoms with Crippen LogP contribution in [0.5, 0.6) is 5.75 Å². The second kappa shape index (κ2) is 8.09. The van der Waals surface area contributed by atoms with Gasteiger partial charge < -0.3 is 9.15 Å². The first-order chi connectivity index (χ1) is 14.1. The van der Waals surface area contributed by atoms with Crippen molar-refractivity contribution in [2.75, 3.05) is 11.5 Å². The number of carbonyl (C=O) groups excluding carboxylic acids is 1. The monoisotopic (exact) mass is 406 g/mol. The Balaban J connectivity index is 1.78. The van der Waals surface area contributed by atoms with E-state index < -0.39 is 0 Å². The van der Waals surface area contributed by atoms with Gasteiger partial charge in [0.15, 0.2) is 5.13 Å². The number of hydrogen-bond donors (Lipinski definition) is 0. The van der Waals surface area contributed by atoms with Crippen LogP contribution < -0.4 is 9.64 Å². The van der Waals surface area contributed by atoms with Crippen molar-refractivity contribution in [1.29, 1.82) is 0 Å². The molecule has 4 rings (SSSR count). The van der Waals surface area contributed by atoms with Crippen LogP contribution in [-0.4, -0.2) is 17.5 Å². The molecule has 0 radical (unpaired) electrons. The summed E-state index contributed by atoms with van der Waals surface area (Å²) in [5, 5.41) is 0.617. The molecule has 0 aliphatic carbocycles. The van der Waals surface area contributed by atoms with E-state index in [0.29, 0.717) is 29.6 Å². The summed E-state index contributed by atoms with van der Waals surface area (Å²) in [4.78, 5) is 19.9. The van der Waals surface area contributed by atoms with E-state index in [4.69, 9.17) is 14.1 Å². The molecule has 0 N–H and O–H groups in total. The molecule has 0 aliphatic rings. The number of fused-ring (bicyclic) bond motifs is 1. The van der Waals surface area contributed by atoms with Gasteiger partial charge >= 0.3 is 0 Å². The molecule has 29 heavy (non-hydrogen) atoms. The minimum absolute atomic E-state index is 0.110. The van der Waals surface area contributed by atoms with E-state index in [1.807, 2.05) is 69.3 Å². The summed E-state index contributed by atoms with van der Waals surface area (Å²) < 4.78 is 12.2. The van der Waals surface area contributed by atoms with Crippen molar-refractivity contribution < 1.29 is 13.9 Å². The number of thiazole rings is 1. The summed E-state index contributed by atoms with van der Waals surface area (Å²) >= 11 is 1.47. The number of benzene rings is 2. The van der Waals surface area contributed by atoms with E-state index in [0.717, 1.165) is 27.1 Å². The number of ether oxygens (including phenoxy) is 1. The molecule has 148 valence electrons. The molecule has 0 spiro atoms. The first kappa shape index (κ1) is 19.2. The third-order valence-electron chi connectivity index (χ3n) is 4.79. The molecule has 0 saturated carbocycles. The van der Waals surface area contributed by atoms with E-state index in [-0.39, 0.29) is 5.91 Å². The summed E-state index contributed by atoms with van der Waals surface area (Å²) in [5.41, 5.74) is 3.63. The van der Waals surface area contributed by atoms with Gasteiger partial charge in [0, 0.05) is 5.56 Å². The van der Waals surface area contributed by atoms with Crippen LogP contribution in [-0.2, 0) is 6.54 Å². The third kappa shape index (κ3) is 3.89. The van der Waals surface area contributed by atoms with E-state index in [2.05, 4.69) is 0 Å². The van der Waals surface area contributed by atoms with Crippen molar-refractivity contribution in [3.8, 4) is 5.75 Å². The fourth-order valence-electron chi connectivity index (χ4n) is 3.11. The minimum atomic E-state index is -0.110. The number of rotatable bonds is 6. The number of furan rings is 1. The summed E-state index contributed by atoms with van der Waals surface area (Å²) in [7, 11) is 0. The molecule has 0 aliphatic heterocycles. The quantitative estimate of drug-likeness (QED) is 0.409. The highest BCUT2D eigenvalue weighted by Gasteiger charge is 2.24. The number of nitrogens with zero attached hydrogens (tertiary/aromatic N) is 2. The van der Waals surface area contributed by atoms with Crippen molar-refractivity contribution in [3.63, 3.8) is 0 Å². The standard InChI is InChI=1S/C23H22N2O3S/c1-4-27-19-8-5-9-20-21(19)24-23(29-20)25(14-18-7-6-12-28-18)22(26)17-11-10-15(2)16(3)13-17/h5-13H,4,14H2,1-3H3. The van der Waals surface area contributed by atoms with Gasteiger partial charge in [-0.15, -0.1) is 0 Å². The molecule has 2 aromatic heterocycles. The Labute approximate surface area is 173 Å². The Hall–Kier alpha value is -3.12. The van der Waals surface area contributed by atoms with Gasteiger partial charge in [-0.05, 0) is 68.3 Å². The highest BCUT2D eigenvalue weighted by atomic mass is 32.1. The van der Waals surface area contributed by atoms with Crippen LogP contribution in [0.2, 0.25) is 0 Å². The molecule has 0 saturated heterocycles. The van der Waals surface area contributed by atoms with Crippen LogP contribution in [0.15, 0.2) is 59.2 Å². The summed E-state index contributed by atoms with van der Waals surface area (Å²) in [5.74, 6) is 1.32. The maximum absolute atomic E-state index is 13.4. The first-order valence-electron chi connectivity index (χ1n) is 9.50. The number of aryl methyl sites for hydroxylation is 2. The fourth-order valence-corrected chi connectivity index (χ4v) is 4.09. The first-order valence-corrected chi connectivity index (χ1v) is 10.3. The molecule has 1 amide bonds. The highest BCUT2D eigenvalue weighted by Crippen LogP contribution is 2.35. The number of anilines is 1. The van der Waals surface area contributed by atoms with Gasteiger partial charge in [-0.2, -0.15) is 0 Å². The summed E-state index contributed by atoms with van der Waals surface area (Å²) in [6, 6.07) is 15.3. The maximum Gasteiger partial charge on any atom is 0.260 e. The van der Waals surface area contributed by atoms with Crippen molar-refractivity contribution >= 4 is 32.6 Å². The van der Waals surface area contributed by atoms with Gasteiger partial charge in [0.1, 0.15) is 17.0 Å². The third-order valence-corrected chi connectivity index (χ3v) is 5.84. The lowest BCUT2D eigenvalue weighted by Gasteiger charge is -2.19. The Bertz CT molecular complexity index is 1150. The van der Waals surface area contributed by atoms with Gasteiger partial charge in [0.2, 0.25) is 0 Å². The molecule has 6 heteroatoms. The maximum atomic E-state index is 13.4. The zero-order valence-electron chi connectivity index (χ0n) is 16.6. The van der Waals surface area contributed by atoms with Gasteiger partial charge in [-0.3, -0.25) is 9.69 Å². The number of para-hydroxylation sites is 1. The normalized spacial score (nSPS) is 11.0. The largest absolute Gasteiger partial charge is 0.492 e. The topological polar surface area (TPSA) is 55.6 Å². The Morgan fingerprint density at radius 3 is 2.72 bits per heavy atom. The second-order valence-corrected chi connectivity index (χ2v) is 7.81. The van der Waals surface area contributed by atoms with Gasteiger partial charge in [0.05, 0.1) is 24.1 Å². The van der Waals surface area contributed by atoms with Gasteiger partial charge in [-0.1, -0.05) is 23.5 Å². The van der Waals surface area contributed by atoms with Crippen LogP contribution in [0.1, 0.15) is 34.2 Å². The Morgan fingerprint density at radius 1 is 1.14 bits per heavy atom. The molecular weight excluding hydrogens is 384 g/mol. The van der Waals surface area contributed by atoms with E-state index in [9.17, 15) is 4.79 Å². The smallest absolute Gasteiger partial charge is 0.260 e. The lowest BCUT2D eigenvalue weighted by Crippen LogP contribution is -2.30. The molecule has 0 atom stereocenters. The summed E-state index contributed by atoms with van der Waals surface area (Å²) in [6.07, 6.45) is 1.61. The lowest BCUT2D eigenvalue weighted by atomic mass is 10.1. The Kier molecular flexibility index (Phi) is 5.36. The number of hydrogen-bond acceptors (Lipinski definition) is 5. The minimum Gasteiger partial charge on any atom is -0.492 e. The summed E-state index contributed by atoms with van der Waals surface area (Å²) in [6.45, 7) is 6.85. The number of aromatic nitrogens is 1. The van der Waals surface area contributed by atoms with Crippen LogP contribution in [0.4, 0.5) is 5.13 Å². The molecule has 2 aromatic carbocycles. The van der Waals surface area contributed by atoms with Gasteiger partial charge in [-0.25, -0.2) is 4.98 Å². The molecule has 0 fully saturated rings. The van der Waals surface area contributed by atoms with Crippen molar-refractivity contribution in [1.82, 2.24) is 4.98 Å². The van der Waals surface area contributed by atoms with Crippen LogP contribution in [0.3, 0.4) is 0 Å². The second-order valence-electron chi connectivity index (χ2n) is 6.80. The predicted octanol–water partition coefficient (Wildman–Crippen LogP) is 5.75. The molecule has 2 heterocycles. The zero-order valence-corrected chi connectivity index (χ0v) is 17.5. The molecule has 5 nitrogen and oxygen atoms in total. The average Bonchev–Trinajstić information content (AvgIpc) is 3.38. The van der Waals surface area contributed by atoms with Crippen molar-refractivity contribution in [2.24, 2.45) is 0 Å². The molecule has 4 aromatic rings. The zero-order chi connectivity index (χ0) is 20.4. The molecular formula is C23H22N2O3S. The Morgan fingerprint density at radius 2 is 2.00 bits per heavy atom. The predicted molar refractivity (Wildman–Crippen MR) is 116 cm³/mol. The van der Waals surface area contributed by atoms with E-state index >= 15 is 0 Å². The van der Waals surface area contributed by atoms with E-state index in [1.165, 1.54) is 11.3 Å². The number of amides is 1. The van der Waals surface area contributed by atoms with Crippen molar-refractivity contribution in [3.05, 3.63) is 77.2 Å². The number of carbonyl (C=O) groups is 1. The fraction of sp³-hybridized carbons (Fsp3) is 0.217. The highest BCUT2D eigenvalue weighted by molar-refractivity contribution is 7.22. The van der Waals surface area contributed by atoms with E-state index in [1.54, 1.807) is 11.2 Å². The lowest BCUT2D eigenvalue weighted by molar-refractivity contribution is 0.0983. The molecule has 0 bridgehead atoms. The average molecular weight is 407 g/mol. The van der Waals surface area contributed by atoms with Gasteiger partial charge in [0.25, 0.3) is 5.91 Å². The van der Waals surface area contributed by atoms with Crippen LogP contribution in [0.25, 0.3) is 10.2 Å². The van der Waals surface area contributed by atoms with Crippen molar-refractivity contribution in [2.45, 2.75) is 27.3 Å².